The molecule has 0 radical (unpaired) electrons. The lowest BCUT2D eigenvalue weighted by molar-refractivity contribution is 1.01. The molecule has 0 aliphatic rings. The number of fused-ring (bicyclic) bond motifs is 3. The molecule has 2 heterocycles. The number of rotatable bonds is 0. The van der Waals surface area contributed by atoms with E-state index < -0.39 is 0 Å². The number of H-pyrrole nitrogens is 1. The summed E-state index contributed by atoms with van der Waals surface area (Å²) in [7, 11) is 0. The van der Waals surface area contributed by atoms with Crippen LogP contribution in [0.25, 0.3) is 21.7 Å². The first-order valence-electron chi connectivity index (χ1n) is 4.57. The lowest BCUT2D eigenvalue weighted by Crippen LogP contribution is -2.07. The van der Waals surface area contributed by atoms with Crippen LogP contribution in [-0.4, -0.2) is 15.2 Å². The normalized spacial score (nSPS) is 10.9. The van der Waals surface area contributed by atoms with Crippen molar-refractivity contribution in [3.63, 3.8) is 0 Å². The van der Waals surface area contributed by atoms with Gasteiger partial charge in [0, 0.05) is 17.0 Å². The molecule has 3 aromatic rings. The van der Waals surface area contributed by atoms with E-state index in [0.29, 0.717) is 5.39 Å². The number of pyridine rings is 1. The molecular formula is C11H7N3O. The van der Waals surface area contributed by atoms with Gasteiger partial charge in [0.2, 0.25) is 0 Å². The van der Waals surface area contributed by atoms with Crippen molar-refractivity contribution in [2.24, 2.45) is 0 Å². The van der Waals surface area contributed by atoms with Crippen molar-refractivity contribution in [3.8, 4) is 0 Å². The number of hydrogen-bond donors (Lipinski definition) is 1. The van der Waals surface area contributed by atoms with Crippen LogP contribution in [0.2, 0.25) is 0 Å². The van der Waals surface area contributed by atoms with Crippen LogP contribution in [0.3, 0.4) is 0 Å². The van der Waals surface area contributed by atoms with Crippen LogP contribution in [0, 0.1) is 0 Å². The van der Waals surface area contributed by atoms with Gasteiger partial charge in [-0.3, -0.25) is 9.78 Å². The maximum Gasteiger partial charge on any atom is 0.272 e. The first-order valence-corrected chi connectivity index (χ1v) is 4.57. The third-order valence-corrected chi connectivity index (χ3v) is 2.43. The number of aromatic nitrogens is 3. The predicted molar refractivity (Wildman–Crippen MR) is 57.7 cm³/mol. The molecule has 4 nitrogen and oxygen atoms in total. The Morgan fingerprint density at radius 1 is 1.07 bits per heavy atom. The van der Waals surface area contributed by atoms with E-state index in [4.69, 9.17) is 0 Å². The molecule has 0 unspecified atom stereocenters. The zero-order valence-corrected chi connectivity index (χ0v) is 7.77. The van der Waals surface area contributed by atoms with Gasteiger partial charge < -0.3 is 0 Å². The second-order valence-electron chi connectivity index (χ2n) is 3.30. The first kappa shape index (κ1) is 8.11. The molecule has 0 aliphatic heterocycles. The van der Waals surface area contributed by atoms with Gasteiger partial charge in [-0.05, 0) is 18.2 Å². The highest BCUT2D eigenvalue weighted by Crippen LogP contribution is 2.19. The van der Waals surface area contributed by atoms with Crippen LogP contribution >= 0.6 is 0 Å². The molecule has 0 amide bonds. The SMILES string of the molecule is O=c1[nH]ncc2c1ccc1ncccc12. The monoisotopic (exact) mass is 197 g/mol. The van der Waals surface area contributed by atoms with Crippen LogP contribution < -0.4 is 5.56 Å². The van der Waals surface area contributed by atoms with Crippen molar-refractivity contribution in [1.82, 2.24) is 15.2 Å². The highest BCUT2D eigenvalue weighted by atomic mass is 16.1. The van der Waals surface area contributed by atoms with E-state index in [1.807, 2.05) is 18.2 Å². The van der Waals surface area contributed by atoms with E-state index in [-0.39, 0.29) is 5.56 Å². The topological polar surface area (TPSA) is 58.6 Å². The molecule has 0 bridgehead atoms. The number of nitrogens with one attached hydrogen (secondary N) is 1. The van der Waals surface area contributed by atoms with Crippen LogP contribution in [0.15, 0.2) is 41.5 Å². The molecule has 0 aliphatic carbocycles. The van der Waals surface area contributed by atoms with E-state index in [0.717, 1.165) is 16.3 Å². The lowest BCUT2D eigenvalue weighted by Gasteiger charge is -2.00. The molecule has 3 rings (SSSR count). The van der Waals surface area contributed by atoms with Crippen molar-refractivity contribution in [2.45, 2.75) is 0 Å². The van der Waals surface area contributed by atoms with E-state index in [1.54, 1.807) is 18.5 Å². The Kier molecular flexibility index (Phi) is 1.56. The van der Waals surface area contributed by atoms with Gasteiger partial charge >= 0.3 is 0 Å². The minimum atomic E-state index is -0.168. The summed E-state index contributed by atoms with van der Waals surface area (Å²) in [5, 5.41) is 8.64. The lowest BCUT2D eigenvalue weighted by atomic mass is 10.1. The minimum Gasteiger partial charge on any atom is -0.267 e. The van der Waals surface area contributed by atoms with Gasteiger partial charge in [-0.2, -0.15) is 5.10 Å². The molecule has 1 aromatic carbocycles. The van der Waals surface area contributed by atoms with Gasteiger partial charge in [0.15, 0.2) is 0 Å². The molecule has 1 N–H and O–H groups in total. The molecule has 15 heavy (non-hydrogen) atoms. The standard InChI is InChI=1S/C11H7N3O/c15-11-8-3-4-10-7(2-1-5-12-10)9(8)6-13-14-11/h1-6H,(H,14,15). The summed E-state index contributed by atoms with van der Waals surface area (Å²) in [4.78, 5) is 15.7. The maximum atomic E-state index is 11.5. The third kappa shape index (κ3) is 1.11. The molecule has 0 saturated carbocycles. The Balaban J connectivity index is 2.67. The Hall–Kier alpha value is -2.23. The van der Waals surface area contributed by atoms with Crippen molar-refractivity contribution in [1.29, 1.82) is 0 Å². The summed E-state index contributed by atoms with van der Waals surface area (Å²) in [6.45, 7) is 0. The Bertz CT molecular complexity index is 703. The molecule has 4 heteroatoms. The predicted octanol–water partition coefficient (Wildman–Crippen LogP) is 1.47. The Morgan fingerprint density at radius 3 is 2.93 bits per heavy atom. The average Bonchev–Trinajstić information content (AvgIpc) is 2.29. The molecular weight excluding hydrogens is 190 g/mol. The number of hydrogen-bond acceptors (Lipinski definition) is 3. The highest BCUT2D eigenvalue weighted by molar-refractivity contribution is 6.05. The fourth-order valence-corrected chi connectivity index (χ4v) is 1.73. The fraction of sp³-hybridized carbons (Fsp3) is 0. The maximum absolute atomic E-state index is 11.5. The number of benzene rings is 1. The summed E-state index contributed by atoms with van der Waals surface area (Å²) in [5.41, 5.74) is 0.704. The molecule has 72 valence electrons. The summed E-state index contributed by atoms with van der Waals surface area (Å²) in [5.74, 6) is 0. The van der Waals surface area contributed by atoms with Gasteiger partial charge in [0.1, 0.15) is 0 Å². The van der Waals surface area contributed by atoms with Gasteiger partial charge in [0.25, 0.3) is 5.56 Å². The summed E-state index contributed by atoms with van der Waals surface area (Å²) >= 11 is 0. The van der Waals surface area contributed by atoms with Gasteiger partial charge in [0.05, 0.1) is 17.1 Å². The van der Waals surface area contributed by atoms with Crippen molar-refractivity contribution in [2.75, 3.05) is 0 Å². The highest BCUT2D eigenvalue weighted by Gasteiger charge is 2.03. The van der Waals surface area contributed by atoms with E-state index in [2.05, 4.69) is 15.2 Å². The quantitative estimate of drug-likeness (QED) is 0.555. The van der Waals surface area contributed by atoms with Crippen molar-refractivity contribution >= 4 is 21.7 Å². The van der Waals surface area contributed by atoms with Crippen LogP contribution in [-0.2, 0) is 0 Å². The van der Waals surface area contributed by atoms with Crippen LogP contribution in [0.4, 0.5) is 0 Å². The van der Waals surface area contributed by atoms with Crippen molar-refractivity contribution in [3.05, 3.63) is 47.0 Å². The zero-order chi connectivity index (χ0) is 10.3. The van der Waals surface area contributed by atoms with Gasteiger partial charge in [-0.15, -0.1) is 0 Å². The van der Waals surface area contributed by atoms with Crippen LogP contribution in [0.1, 0.15) is 0 Å². The minimum absolute atomic E-state index is 0.168. The zero-order valence-electron chi connectivity index (χ0n) is 7.77. The molecule has 2 aromatic heterocycles. The summed E-state index contributed by atoms with van der Waals surface area (Å²) < 4.78 is 0. The first-order chi connectivity index (χ1) is 7.36. The molecule has 0 fully saturated rings. The van der Waals surface area contributed by atoms with Gasteiger partial charge in [-0.25, -0.2) is 5.10 Å². The van der Waals surface area contributed by atoms with Crippen LogP contribution in [0.5, 0.6) is 0 Å². The second kappa shape index (κ2) is 2.88. The third-order valence-electron chi connectivity index (χ3n) is 2.43. The largest absolute Gasteiger partial charge is 0.272 e. The summed E-state index contributed by atoms with van der Waals surface area (Å²) in [6.07, 6.45) is 3.38. The summed E-state index contributed by atoms with van der Waals surface area (Å²) in [6, 6.07) is 7.40. The molecule has 0 atom stereocenters. The Morgan fingerprint density at radius 2 is 2.00 bits per heavy atom. The smallest absolute Gasteiger partial charge is 0.267 e. The average molecular weight is 197 g/mol. The molecule has 0 saturated heterocycles. The number of aromatic amines is 1. The molecule has 0 spiro atoms. The fourth-order valence-electron chi connectivity index (χ4n) is 1.73. The van der Waals surface area contributed by atoms with Gasteiger partial charge in [-0.1, -0.05) is 6.07 Å². The van der Waals surface area contributed by atoms with E-state index in [9.17, 15) is 4.79 Å². The van der Waals surface area contributed by atoms with E-state index >= 15 is 0 Å². The van der Waals surface area contributed by atoms with E-state index in [1.165, 1.54) is 0 Å². The van der Waals surface area contributed by atoms with Crippen molar-refractivity contribution < 1.29 is 0 Å². The Labute approximate surface area is 84.6 Å². The second-order valence-corrected chi connectivity index (χ2v) is 3.30. The number of nitrogens with zero attached hydrogens (tertiary/aromatic N) is 2.